The van der Waals surface area contributed by atoms with Crippen LogP contribution in [0.15, 0.2) is 83.8 Å². The first-order chi connectivity index (χ1) is 19.8. The monoisotopic (exact) mass is 576 g/mol. The van der Waals surface area contributed by atoms with Crippen LogP contribution in [0.25, 0.3) is 0 Å². The molecule has 3 aromatic rings. The van der Waals surface area contributed by atoms with Crippen molar-refractivity contribution in [1.82, 2.24) is 10.0 Å². The van der Waals surface area contributed by atoms with E-state index in [2.05, 4.69) is 10.0 Å². The number of amides is 1. The third-order valence-corrected chi connectivity index (χ3v) is 9.97. The van der Waals surface area contributed by atoms with Gasteiger partial charge >= 0.3 is 0 Å². The van der Waals surface area contributed by atoms with E-state index >= 15 is 0 Å². The van der Waals surface area contributed by atoms with Crippen molar-refractivity contribution in [3.05, 3.63) is 101 Å². The first-order valence-corrected chi connectivity index (χ1v) is 16.2. The highest BCUT2D eigenvalue weighted by Gasteiger charge is 2.34. The van der Waals surface area contributed by atoms with E-state index < -0.39 is 34.2 Å². The maximum atomic E-state index is 13.5. The van der Waals surface area contributed by atoms with Crippen molar-refractivity contribution >= 4 is 15.9 Å². The van der Waals surface area contributed by atoms with Gasteiger partial charge in [-0.25, -0.2) is 13.1 Å². The Hall–Kier alpha value is -3.04. The minimum atomic E-state index is -3.82. The van der Waals surface area contributed by atoms with Gasteiger partial charge in [-0.15, -0.1) is 0 Å². The normalized spacial score (nSPS) is 20.7. The third-order valence-electron chi connectivity index (χ3n) is 8.53. The molecule has 0 aliphatic heterocycles. The molecule has 0 unspecified atom stereocenters. The lowest BCUT2D eigenvalue weighted by Crippen LogP contribution is -2.41. The molecule has 7 nitrogen and oxygen atoms in total. The van der Waals surface area contributed by atoms with Crippen LogP contribution < -0.4 is 10.0 Å². The molecule has 5 rings (SSSR count). The first kappa shape index (κ1) is 29.5. The molecule has 4 N–H and O–H groups in total. The number of fused-ring (bicyclic) bond motifs is 1. The summed E-state index contributed by atoms with van der Waals surface area (Å²) >= 11 is 0. The smallest absolute Gasteiger partial charge is 0.240 e. The summed E-state index contributed by atoms with van der Waals surface area (Å²) in [6.45, 7) is -0.208. The van der Waals surface area contributed by atoms with Crippen LogP contribution >= 0.6 is 0 Å². The van der Waals surface area contributed by atoms with Crippen molar-refractivity contribution in [2.75, 3.05) is 6.54 Å². The molecule has 0 aromatic heterocycles. The summed E-state index contributed by atoms with van der Waals surface area (Å²) in [7, 11) is -3.82. The Morgan fingerprint density at radius 3 is 2.32 bits per heavy atom. The Labute approximate surface area is 243 Å². The third kappa shape index (κ3) is 7.43. The summed E-state index contributed by atoms with van der Waals surface area (Å²) in [5.41, 5.74) is 4.01. The van der Waals surface area contributed by atoms with Crippen molar-refractivity contribution in [3.8, 4) is 0 Å². The topological polar surface area (TPSA) is 116 Å². The van der Waals surface area contributed by atoms with Gasteiger partial charge in [0.05, 0.1) is 23.1 Å². The molecular weight excluding hydrogens is 536 g/mol. The number of benzene rings is 3. The van der Waals surface area contributed by atoms with E-state index in [1.54, 1.807) is 12.1 Å². The molecule has 0 radical (unpaired) electrons. The first-order valence-electron chi connectivity index (χ1n) is 14.7. The number of rotatable bonds is 11. The summed E-state index contributed by atoms with van der Waals surface area (Å²) in [5.74, 6) is -0.414. The summed E-state index contributed by atoms with van der Waals surface area (Å²) < 4.78 is 28.5. The molecule has 8 heteroatoms. The largest absolute Gasteiger partial charge is 0.392 e. The van der Waals surface area contributed by atoms with E-state index in [9.17, 15) is 23.4 Å². The van der Waals surface area contributed by atoms with Crippen molar-refractivity contribution in [2.45, 2.75) is 80.4 Å². The predicted octanol–water partition coefficient (Wildman–Crippen LogP) is 4.40. The number of hydrogen-bond acceptors (Lipinski definition) is 5. The highest BCUT2D eigenvalue weighted by molar-refractivity contribution is 7.89. The van der Waals surface area contributed by atoms with Crippen LogP contribution in [0, 0.1) is 5.92 Å². The van der Waals surface area contributed by atoms with Gasteiger partial charge in [-0.05, 0) is 66.0 Å². The van der Waals surface area contributed by atoms with Crippen molar-refractivity contribution in [1.29, 1.82) is 0 Å². The molecule has 0 spiro atoms. The van der Waals surface area contributed by atoms with E-state index in [0.29, 0.717) is 18.8 Å². The molecule has 0 bridgehead atoms. The fourth-order valence-electron chi connectivity index (χ4n) is 6.26. The average molecular weight is 577 g/mol. The zero-order valence-corrected chi connectivity index (χ0v) is 24.1. The molecular formula is C33H40N2O5S. The number of hydrogen-bond donors (Lipinski definition) is 4. The lowest BCUT2D eigenvalue weighted by atomic mass is 9.84. The second-order valence-corrected chi connectivity index (χ2v) is 13.3. The van der Waals surface area contributed by atoms with Gasteiger partial charge in [0, 0.05) is 18.9 Å². The Bertz CT molecular complexity index is 1410. The molecule has 2 aliphatic carbocycles. The second-order valence-electron chi connectivity index (χ2n) is 11.5. The SMILES string of the molecule is O=C(N[C@H]1c2ccccc2C[C@H]1O)[C@H](Cc1ccccc1)C[C@H](O)CNS(=O)(=O)c1ccc(C2CCCCC2)cc1. The molecule has 3 aromatic carbocycles. The molecule has 2 aliphatic rings. The van der Waals surface area contributed by atoms with Crippen molar-refractivity contribution < 1.29 is 23.4 Å². The van der Waals surface area contributed by atoms with Crippen LogP contribution in [0.5, 0.6) is 0 Å². The van der Waals surface area contributed by atoms with Gasteiger partial charge in [-0.1, -0.05) is 86.0 Å². The molecule has 41 heavy (non-hydrogen) atoms. The minimum absolute atomic E-state index is 0.0638. The van der Waals surface area contributed by atoms with Gasteiger partial charge in [0.15, 0.2) is 0 Å². The zero-order valence-electron chi connectivity index (χ0n) is 23.3. The maximum absolute atomic E-state index is 13.5. The van der Waals surface area contributed by atoms with E-state index in [0.717, 1.165) is 29.5 Å². The molecule has 1 saturated carbocycles. The summed E-state index contributed by atoms with van der Waals surface area (Å²) in [5, 5.41) is 24.5. The number of aliphatic hydroxyl groups excluding tert-OH is 2. The molecule has 4 atom stereocenters. The number of aliphatic hydroxyl groups is 2. The van der Waals surface area contributed by atoms with Gasteiger partial charge < -0.3 is 15.5 Å². The molecule has 218 valence electrons. The standard InChI is InChI=1S/C33H40N2O5S/c36-28(22-34-41(39,40)29-17-15-25(16-18-29)24-11-5-2-6-12-24)20-27(19-23-9-3-1-4-10-23)33(38)35-32-30-14-8-7-13-26(30)21-31(32)37/h1,3-4,7-10,13-18,24,27-28,31-32,34,36-37H,2,5-6,11-12,19-22H2,(H,35,38)/t27-,28+,31-,32+/m1/s1. The van der Waals surface area contributed by atoms with Crippen LogP contribution in [-0.2, 0) is 27.7 Å². The second kappa shape index (κ2) is 13.3. The van der Waals surface area contributed by atoms with Gasteiger partial charge in [0.25, 0.3) is 0 Å². The molecule has 1 fully saturated rings. The van der Waals surface area contributed by atoms with E-state index in [-0.39, 0.29) is 23.8 Å². The highest BCUT2D eigenvalue weighted by atomic mass is 32.2. The van der Waals surface area contributed by atoms with Crippen LogP contribution in [0.1, 0.15) is 72.7 Å². The summed E-state index contributed by atoms with van der Waals surface area (Å²) in [4.78, 5) is 13.7. The fraction of sp³-hybridized carbons (Fsp3) is 0.424. The Balaban J connectivity index is 1.22. The quantitative estimate of drug-likeness (QED) is 0.270. The van der Waals surface area contributed by atoms with E-state index in [1.807, 2.05) is 66.7 Å². The van der Waals surface area contributed by atoms with Gasteiger partial charge in [-0.2, -0.15) is 0 Å². The highest BCUT2D eigenvalue weighted by Crippen LogP contribution is 2.33. The zero-order chi connectivity index (χ0) is 28.8. The Morgan fingerprint density at radius 1 is 0.902 bits per heavy atom. The maximum Gasteiger partial charge on any atom is 0.240 e. The number of sulfonamides is 1. The predicted molar refractivity (Wildman–Crippen MR) is 159 cm³/mol. The van der Waals surface area contributed by atoms with Crippen LogP contribution in [0.4, 0.5) is 0 Å². The van der Waals surface area contributed by atoms with Gasteiger partial charge in [0.2, 0.25) is 15.9 Å². The van der Waals surface area contributed by atoms with Crippen molar-refractivity contribution in [3.63, 3.8) is 0 Å². The van der Waals surface area contributed by atoms with E-state index in [1.165, 1.54) is 24.8 Å². The van der Waals surface area contributed by atoms with Crippen LogP contribution in [0.3, 0.4) is 0 Å². The Morgan fingerprint density at radius 2 is 1.59 bits per heavy atom. The lowest BCUT2D eigenvalue weighted by molar-refractivity contribution is -0.127. The summed E-state index contributed by atoms with van der Waals surface area (Å²) in [6.07, 6.45) is 5.07. The van der Waals surface area contributed by atoms with Crippen molar-refractivity contribution in [2.24, 2.45) is 5.92 Å². The molecule has 0 heterocycles. The van der Waals surface area contributed by atoms with Crippen LogP contribution in [0.2, 0.25) is 0 Å². The fourth-order valence-corrected chi connectivity index (χ4v) is 7.33. The average Bonchev–Trinajstić information content (AvgIpc) is 3.31. The van der Waals surface area contributed by atoms with E-state index in [4.69, 9.17) is 0 Å². The minimum Gasteiger partial charge on any atom is -0.392 e. The van der Waals surface area contributed by atoms with Crippen LogP contribution in [-0.4, -0.2) is 43.3 Å². The lowest BCUT2D eigenvalue weighted by Gasteiger charge is -2.24. The summed E-state index contributed by atoms with van der Waals surface area (Å²) in [6, 6.07) is 23.7. The molecule has 1 amide bonds. The number of carbonyl (C=O) groups excluding carboxylic acids is 1. The number of nitrogens with one attached hydrogen (secondary N) is 2. The van der Waals surface area contributed by atoms with Gasteiger partial charge in [0.1, 0.15) is 0 Å². The molecule has 0 saturated heterocycles. The number of carbonyl (C=O) groups is 1. The Kier molecular flexibility index (Phi) is 9.55. The van der Waals surface area contributed by atoms with Gasteiger partial charge in [-0.3, -0.25) is 4.79 Å².